The van der Waals surface area contributed by atoms with Crippen molar-refractivity contribution in [1.82, 2.24) is 0 Å². The van der Waals surface area contributed by atoms with Crippen molar-refractivity contribution in [2.75, 3.05) is 0 Å². The molecule has 1 N–H and O–H groups in total. The molecule has 0 rings (SSSR count). The van der Waals surface area contributed by atoms with Crippen LogP contribution < -0.4 is 0 Å². The predicted molar refractivity (Wildman–Crippen MR) is 46.3 cm³/mol. The van der Waals surface area contributed by atoms with Crippen LogP contribution in [-0.2, 0) is 0 Å². The van der Waals surface area contributed by atoms with E-state index in [0.717, 1.165) is 0 Å². The Kier molecular flexibility index (Phi) is 3.76. The summed E-state index contributed by atoms with van der Waals surface area (Å²) in [5.74, 6) is -0.126. The van der Waals surface area contributed by atoms with Crippen LogP contribution in [-0.4, -0.2) is 10.0 Å². The van der Waals surface area contributed by atoms with E-state index in [4.69, 9.17) is 5.11 Å². The van der Waals surface area contributed by atoms with Crippen LogP contribution in [0, 0.1) is 10.1 Å². The lowest BCUT2D eigenvalue weighted by Crippen LogP contribution is -1.99. The second kappa shape index (κ2) is 4.33. The van der Waals surface area contributed by atoms with Crippen molar-refractivity contribution in [1.29, 1.82) is 0 Å². The first-order valence-corrected chi connectivity index (χ1v) is 3.34. The molecule has 0 unspecified atom stereocenters. The van der Waals surface area contributed by atoms with E-state index < -0.39 is 4.92 Å². The Labute approximate surface area is 70.7 Å². The lowest BCUT2D eigenvalue weighted by Gasteiger charge is -1.98. The first-order chi connectivity index (χ1) is 5.50. The predicted octanol–water partition coefficient (Wildman–Crippen LogP) is 2.18. The van der Waals surface area contributed by atoms with Crippen molar-refractivity contribution in [3.8, 4) is 0 Å². The van der Waals surface area contributed by atoms with Crippen molar-refractivity contribution in [3.63, 3.8) is 0 Å². The molecule has 0 saturated carbocycles. The van der Waals surface area contributed by atoms with Gasteiger partial charge in [0.15, 0.2) is 0 Å². The Hall–Kier alpha value is -1.58. The van der Waals surface area contributed by atoms with Gasteiger partial charge in [-0.25, -0.2) is 0 Å². The van der Waals surface area contributed by atoms with Crippen LogP contribution in [0.1, 0.15) is 13.8 Å². The first-order valence-electron chi connectivity index (χ1n) is 3.34. The van der Waals surface area contributed by atoms with Gasteiger partial charge < -0.3 is 5.11 Å². The van der Waals surface area contributed by atoms with Gasteiger partial charge in [0, 0.05) is 6.92 Å². The molecule has 0 atom stereocenters. The molecule has 0 aliphatic rings. The molecule has 0 aromatic carbocycles. The summed E-state index contributed by atoms with van der Waals surface area (Å²) >= 11 is 0. The van der Waals surface area contributed by atoms with Gasteiger partial charge in [0.1, 0.15) is 5.76 Å². The number of hydrogen-bond acceptors (Lipinski definition) is 3. The van der Waals surface area contributed by atoms with Crippen LogP contribution in [0.25, 0.3) is 0 Å². The molecular formula is C8H11NO3. The van der Waals surface area contributed by atoms with Crippen LogP contribution >= 0.6 is 0 Å². The smallest absolute Gasteiger partial charge is 0.249 e. The minimum absolute atomic E-state index is 0.0643. The zero-order valence-corrected chi connectivity index (χ0v) is 7.07. The molecule has 0 radical (unpaired) electrons. The molecule has 0 fully saturated rings. The highest BCUT2D eigenvalue weighted by Crippen LogP contribution is 2.11. The van der Waals surface area contributed by atoms with E-state index in [1.54, 1.807) is 0 Å². The van der Waals surface area contributed by atoms with Crippen molar-refractivity contribution in [2.24, 2.45) is 0 Å². The number of hydrogen-bond donors (Lipinski definition) is 1. The number of allylic oxidation sites excluding steroid dienone is 4. The third-order valence-electron chi connectivity index (χ3n) is 1.48. The summed E-state index contributed by atoms with van der Waals surface area (Å²) in [5, 5.41) is 19.4. The fourth-order valence-electron chi connectivity index (χ4n) is 0.559. The van der Waals surface area contributed by atoms with E-state index >= 15 is 0 Å². The quantitative estimate of drug-likeness (QED) is 0.305. The molecule has 0 aromatic heterocycles. The van der Waals surface area contributed by atoms with Gasteiger partial charge in [-0.3, -0.25) is 10.1 Å². The molecule has 66 valence electrons. The third kappa shape index (κ3) is 2.57. The largest absolute Gasteiger partial charge is 0.507 e. The van der Waals surface area contributed by atoms with Gasteiger partial charge in [0.05, 0.1) is 10.5 Å². The van der Waals surface area contributed by atoms with Gasteiger partial charge in [-0.05, 0) is 13.0 Å². The highest BCUT2D eigenvalue weighted by Gasteiger charge is 2.10. The molecule has 4 heteroatoms. The number of nitrogens with zero attached hydrogens (tertiary/aromatic N) is 1. The number of aliphatic hydroxyl groups is 1. The van der Waals surface area contributed by atoms with Gasteiger partial charge >= 0.3 is 0 Å². The van der Waals surface area contributed by atoms with Crippen molar-refractivity contribution < 1.29 is 10.0 Å². The minimum atomic E-state index is -0.539. The van der Waals surface area contributed by atoms with E-state index in [1.807, 2.05) is 0 Å². The summed E-state index contributed by atoms with van der Waals surface area (Å²) in [5.41, 5.74) is 0.186. The lowest BCUT2D eigenvalue weighted by atomic mass is 10.2. The summed E-state index contributed by atoms with van der Waals surface area (Å²) in [7, 11) is 0. The highest BCUT2D eigenvalue weighted by molar-refractivity contribution is 5.27. The van der Waals surface area contributed by atoms with Crippen molar-refractivity contribution in [3.05, 3.63) is 45.9 Å². The zero-order valence-electron chi connectivity index (χ0n) is 7.07. The Morgan fingerprint density at radius 1 is 1.58 bits per heavy atom. The van der Waals surface area contributed by atoms with Gasteiger partial charge in [-0.15, -0.1) is 0 Å². The summed E-state index contributed by atoms with van der Waals surface area (Å²) in [6, 6.07) is 0. The van der Waals surface area contributed by atoms with Crippen LogP contribution in [0.3, 0.4) is 0 Å². The Morgan fingerprint density at radius 3 is 2.42 bits per heavy atom. The lowest BCUT2D eigenvalue weighted by molar-refractivity contribution is -0.425. The number of aliphatic hydroxyl groups excluding tert-OH is 1. The van der Waals surface area contributed by atoms with Crippen molar-refractivity contribution >= 4 is 0 Å². The van der Waals surface area contributed by atoms with Gasteiger partial charge in [-0.1, -0.05) is 12.7 Å². The topological polar surface area (TPSA) is 63.4 Å². The zero-order chi connectivity index (χ0) is 9.72. The average Bonchev–Trinajstić information content (AvgIpc) is 2.02. The summed E-state index contributed by atoms with van der Waals surface area (Å²) in [4.78, 5) is 9.69. The van der Waals surface area contributed by atoms with E-state index in [2.05, 4.69) is 6.58 Å². The molecule has 0 saturated heterocycles. The molecule has 4 nitrogen and oxygen atoms in total. The van der Waals surface area contributed by atoms with Crippen LogP contribution in [0.5, 0.6) is 0 Å². The standard InChI is InChI=1S/C8H11NO3/c1-4-5-8(10)6(2)7(3)9(11)12/h4-5,10H,1H2,2-3H3/b7-6+,8-5+. The Bertz CT molecular complexity index is 263. The maximum Gasteiger partial charge on any atom is 0.249 e. The molecule has 0 spiro atoms. The van der Waals surface area contributed by atoms with Gasteiger partial charge in [-0.2, -0.15) is 0 Å². The molecule has 12 heavy (non-hydrogen) atoms. The molecule has 0 aromatic rings. The van der Waals surface area contributed by atoms with E-state index in [1.165, 1.54) is 26.0 Å². The summed E-state index contributed by atoms with van der Waals surface area (Å²) < 4.78 is 0. The summed E-state index contributed by atoms with van der Waals surface area (Å²) in [6.07, 6.45) is 2.67. The van der Waals surface area contributed by atoms with Crippen LogP contribution in [0.2, 0.25) is 0 Å². The number of rotatable bonds is 3. The molecule has 0 aliphatic heterocycles. The highest BCUT2D eigenvalue weighted by atomic mass is 16.6. The molecule has 0 heterocycles. The Morgan fingerprint density at radius 2 is 2.08 bits per heavy atom. The van der Waals surface area contributed by atoms with Gasteiger partial charge in [0.2, 0.25) is 5.70 Å². The fourth-order valence-corrected chi connectivity index (χ4v) is 0.559. The summed E-state index contributed by atoms with van der Waals surface area (Å²) in [6.45, 7) is 6.17. The average molecular weight is 169 g/mol. The van der Waals surface area contributed by atoms with Gasteiger partial charge in [0.25, 0.3) is 0 Å². The fraction of sp³-hybridized carbons (Fsp3) is 0.250. The second-order valence-electron chi connectivity index (χ2n) is 2.26. The molecule has 0 bridgehead atoms. The maximum absolute atomic E-state index is 10.2. The van der Waals surface area contributed by atoms with Crippen LogP contribution in [0.4, 0.5) is 0 Å². The molecule has 0 amide bonds. The normalized spacial score (nSPS) is 13.7. The molecule has 0 aliphatic carbocycles. The first kappa shape index (κ1) is 10.4. The molecular weight excluding hydrogens is 158 g/mol. The van der Waals surface area contributed by atoms with Crippen LogP contribution in [0.15, 0.2) is 35.8 Å². The Balaban J connectivity index is 4.90. The van der Waals surface area contributed by atoms with E-state index in [9.17, 15) is 10.1 Å². The SMILES string of the molecule is C=C/C=C(O)\C(C)=C(/C)[N+](=O)[O-]. The monoisotopic (exact) mass is 169 g/mol. The van der Waals surface area contributed by atoms with E-state index in [0.29, 0.717) is 0 Å². The van der Waals surface area contributed by atoms with Crippen molar-refractivity contribution in [2.45, 2.75) is 13.8 Å². The van der Waals surface area contributed by atoms with E-state index in [-0.39, 0.29) is 17.0 Å². The second-order valence-corrected chi connectivity index (χ2v) is 2.26. The maximum atomic E-state index is 10.2. The number of nitro groups is 1. The third-order valence-corrected chi connectivity index (χ3v) is 1.48. The minimum Gasteiger partial charge on any atom is -0.507 e.